The molecule has 0 aliphatic heterocycles. The highest BCUT2D eigenvalue weighted by Gasteiger charge is 2.37. The lowest BCUT2D eigenvalue weighted by Crippen LogP contribution is -2.09. The Balaban J connectivity index is 2.59. The summed E-state index contributed by atoms with van der Waals surface area (Å²) in [6.07, 6.45) is -1.94. The first-order valence-corrected chi connectivity index (χ1v) is 4.87. The predicted octanol–water partition coefficient (Wildman–Crippen LogP) is 2.64. The van der Waals surface area contributed by atoms with Gasteiger partial charge in [-0.1, -0.05) is 11.6 Å². The minimum atomic E-state index is -4.54. The molecule has 0 aliphatic rings. The van der Waals surface area contributed by atoms with Gasteiger partial charge in [-0.2, -0.15) is 18.3 Å². The molecule has 0 atom stereocenters. The Morgan fingerprint density at radius 1 is 1.35 bits per heavy atom. The van der Waals surface area contributed by atoms with Crippen LogP contribution in [0.2, 0.25) is 5.15 Å². The highest BCUT2D eigenvalue weighted by atomic mass is 35.5. The molecule has 0 spiro atoms. The van der Waals surface area contributed by atoms with Crippen LogP contribution in [0.5, 0.6) is 0 Å². The van der Waals surface area contributed by atoms with Crippen LogP contribution in [0.4, 0.5) is 13.2 Å². The maximum absolute atomic E-state index is 12.6. The maximum atomic E-state index is 12.6. The lowest BCUT2D eigenvalue weighted by atomic mass is 10.3. The molecule has 0 radical (unpaired) electrons. The third kappa shape index (κ3) is 2.10. The van der Waals surface area contributed by atoms with Crippen molar-refractivity contribution in [3.05, 3.63) is 35.0 Å². The van der Waals surface area contributed by atoms with Gasteiger partial charge < -0.3 is 0 Å². The van der Waals surface area contributed by atoms with Crippen molar-refractivity contribution in [1.29, 1.82) is 0 Å². The van der Waals surface area contributed by atoms with E-state index in [0.717, 1.165) is 4.68 Å². The molecule has 0 bridgehead atoms. The summed E-state index contributed by atoms with van der Waals surface area (Å²) in [5.41, 5.74) is -1.14. The highest BCUT2D eigenvalue weighted by molar-refractivity contribution is 6.30. The fourth-order valence-electron chi connectivity index (χ4n) is 1.31. The summed E-state index contributed by atoms with van der Waals surface area (Å²) in [4.78, 5) is 7.44. The van der Waals surface area contributed by atoms with Gasteiger partial charge >= 0.3 is 6.18 Å². The normalized spacial score (nSPS) is 11.8. The van der Waals surface area contributed by atoms with E-state index < -0.39 is 11.9 Å². The zero-order valence-corrected chi connectivity index (χ0v) is 9.29. The number of aromatic nitrogens is 4. The van der Waals surface area contributed by atoms with Gasteiger partial charge in [0.05, 0.1) is 0 Å². The maximum Gasteiger partial charge on any atom is 0.435 e. The number of halogens is 4. The van der Waals surface area contributed by atoms with Crippen molar-refractivity contribution in [2.24, 2.45) is 0 Å². The van der Waals surface area contributed by atoms with Gasteiger partial charge in [-0.15, -0.1) is 0 Å². The molecular weight excluding hydrogens is 257 g/mol. The molecule has 4 nitrogen and oxygen atoms in total. The van der Waals surface area contributed by atoms with Crippen molar-refractivity contribution in [2.45, 2.75) is 13.1 Å². The van der Waals surface area contributed by atoms with Crippen molar-refractivity contribution in [2.75, 3.05) is 0 Å². The summed E-state index contributed by atoms with van der Waals surface area (Å²) >= 11 is 5.79. The SMILES string of the molecule is Cc1c(C(F)(F)F)nn(-c2ccncn2)c1Cl. The van der Waals surface area contributed by atoms with Gasteiger partial charge in [0.15, 0.2) is 11.5 Å². The Hall–Kier alpha value is -1.63. The first-order valence-electron chi connectivity index (χ1n) is 4.50. The number of alkyl halides is 3. The van der Waals surface area contributed by atoms with Crippen LogP contribution in [-0.4, -0.2) is 19.7 Å². The second-order valence-corrected chi connectivity index (χ2v) is 3.60. The summed E-state index contributed by atoms with van der Waals surface area (Å²) in [5.74, 6) is 0.184. The molecule has 0 saturated carbocycles. The molecule has 0 aliphatic carbocycles. The van der Waals surface area contributed by atoms with Gasteiger partial charge in [0.1, 0.15) is 11.5 Å². The summed E-state index contributed by atoms with van der Waals surface area (Å²) in [5, 5.41) is 3.31. The van der Waals surface area contributed by atoms with E-state index in [1.165, 1.54) is 25.5 Å². The van der Waals surface area contributed by atoms with Crippen LogP contribution in [0.1, 0.15) is 11.3 Å². The van der Waals surface area contributed by atoms with E-state index in [4.69, 9.17) is 11.6 Å². The van der Waals surface area contributed by atoms with Crippen LogP contribution < -0.4 is 0 Å². The second kappa shape index (κ2) is 3.99. The average Bonchev–Trinajstić information content (AvgIpc) is 2.57. The minimum Gasteiger partial charge on any atom is -0.245 e. The van der Waals surface area contributed by atoms with Crippen LogP contribution in [0, 0.1) is 6.92 Å². The van der Waals surface area contributed by atoms with Crippen molar-refractivity contribution >= 4 is 11.6 Å². The quantitative estimate of drug-likeness (QED) is 0.793. The van der Waals surface area contributed by atoms with Gasteiger partial charge in [0, 0.05) is 17.8 Å². The van der Waals surface area contributed by atoms with E-state index >= 15 is 0 Å². The molecule has 0 amide bonds. The van der Waals surface area contributed by atoms with Crippen molar-refractivity contribution in [3.8, 4) is 5.82 Å². The Labute approximate surface area is 99.1 Å². The standard InChI is InChI=1S/C9H6ClF3N4/c1-5-7(9(11,12)13)16-17(8(5)10)6-2-3-14-4-15-6/h2-4H,1H3. The average molecular weight is 263 g/mol. The molecule has 0 unspecified atom stereocenters. The Kier molecular flexibility index (Phi) is 2.78. The molecule has 8 heteroatoms. The Bertz CT molecular complexity index is 535. The molecule has 17 heavy (non-hydrogen) atoms. The van der Waals surface area contributed by atoms with Gasteiger partial charge in [-0.3, -0.25) is 0 Å². The van der Waals surface area contributed by atoms with Crippen LogP contribution >= 0.6 is 11.6 Å². The first-order chi connectivity index (χ1) is 7.91. The highest BCUT2D eigenvalue weighted by Crippen LogP contribution is 2.34. The zero-order chi connectivity index (χ0) is 12.6. The number of rotatable bonds is 1. The van der Waals surface area contributed by atoms with Gasteiger partial charge in [0.25, 0.3) is 0 Å². The topological polar surface area (TPSA) is 43.6 Å². The lowest BCUT2D eigenvalue weighted by Gasteiger charge is -2.02. The zero-order valence-electron chi connectivity index (χ0n) is 8.53. The summed E-state index contributed by atoms with van der Waals surface area (Å²) in [7, 11) is 0. The third-order valence-electron chi connectivity index (χ3n) is 2.10. The van der Waals surface area contributed by atoms with Gasteiger partial charge in [-0.25, -0.2) is 14.6 Å². The van der Waals surface area contributed by atoms with E-state index in [2.05, 4.69) is 15.1 Å². The predicted molar refractivity (Wildman–Crippen MR) is 53.9 cm³/mol. The molecule has 2 rings (SSSR count). The minimum absolute atomic E-state index is 0.115. The number of hydrogen-bond acceptors (Lipinski definition) is 3. The van der Waals surface area contributed by atoms with E-state index in [-0.39, 0.29) is 16.5 Å². The van der Waals surface area contributed by atoms with Crippen LogP contribution in [0.3, 0.4) is 0 Å². The molecule has 0 aromatic carbocycles. The largest absolute Gasteiger partial charge is 0.435 e. The molecule has 2 heterocycles. The molecule has 2 aromatic rings. The summed E-state index contributed by atoms with van der Waals surface area (Å²) in [6.45, 7) is 1.26. The monoisotopic (exact) mass is 262 g/mol. The van der Waals surface area contributed by atoms with E-state index in [0.29, 0.717) is 0 Å². The van der Waals surface area contributed by atoms with Crippen molar-refractivity contribution in [1.82, 2.24) is 19.7 Å². The first kappa shape index (κ1) is 11.8. The fourth-order valence-corrected chi connectivity index (χ4v) is 1.52. The van der Waals surface area contributed by atoms with Crippen molar-refractivity contribution in [3.63, 3.8) is 0 Å². The van der Waals surface area contributed by atoms with Crippen LogP contribution in [0.15, 0.2) is 18.6 Å². The van der Waals surface area contributed by atoms with Crippen LogP contribution in [-0.2, 0) is 6.18 Å². The van der Waals surface area contributed by atoms with E-state index in [9.17, 15) is 13.2 Å². The molecule has 0 N–H and O–H groups in total. The van der Waals surface area contributed by atoms with Crippen molar-refractivity contribution < 1.29 is 13.2 Å². The van der Waals surface area contributed by atoms with Gasteiger partial charge in [0.2, 0.25) is 0 Å². The third-order valence-corrected chi connectivity index (χ3v) is 2.55. The summed E-state index contributed by atoms with van der Waals surface area (Å²) < 4.78 is 38.7. The number of nitrogens with zero attached hydrogens (tertiary/aromatic N) is 4. The lowest BCUT2D eigenvalue weighted by molar-refractivity contribution is -0.141. The molecule has 90 valence electrons. The summed E-state index contributed by atoms with van der Waals surface area (Å²) in [6, 6.07) is 1.42. The Morgan fingerprint density at radius 3 is 2.53 bits per heavy atom. The smallest absolute Gasteiger partial charge is 0.245 e. The molecule has 0 saturated heterocycles. The van der Waals surface area contributed by atoms with Crippen LogP contribution in [0.25, 0.3) is 5.82 Å². The second-order valence-electron chi connectivity index (χ2n) is 3.24. The number of hydrogen-bond donors (Lipinski definition) is 0. The fraction of sp³-hybridized carbons (Fsp3) is 0.222. The molecular formula is C9H6ClF3N4. The Morgan fingerprint density at radius 2 is 2.06 bits per heavy atom. The molecule has 0 fully saturated rings. The van der Waals surface area contributed by atoms with E-state index in [1.807, 2.05) is 0 Å². The molecule has 2 aromatic heterocycles. The van der Waals surface area contributed by atoms with Gasteiger partial charge in [-0.05, 0) is 6.92 Å². The van der Waals surface area contributed by atoms with E-state index in [1.54, 1.807) is 0 Å².